The lowest BCUT2D eigenvalue weighted by Gasteiger charge is -2.32. The van der Waals surface area contributed by atoms with E-state index in [0.29, 0.717) is 10.7 Å². The molecule has 23 heavy (non-hydrogen) atoms. The van der Waals surface area contributed by atoms with Gasteiger partial charge in [0.15, 0.2) is 5.11 Å². The smallest absolute Gasteiger partial charge is 0.274 e. The maximum Gasteiger partial charge on any atom is 0.274 e. The Morgan fingerprint density at radius 3 is 2.35 bits per heavy atom. The predicted molar refractivity (Wildman–Crippen MR) is 93.3 cm³/mol. The van der Waals surface area contributed by atoms with Crippen LogP contribution in [-0.4, -0.2) is 42.1 Å². The second-order valence-electron chi connectivity index (χ2n) is 5.35. The van der Waals surface area contributed by atoms with Crippen LogP contribution in [0.25, 0.3) is 0 Å². The van der Waals surface area contributed by atoms with Gasteiger partial charge in [0, 0.05) is 11.6 Å². The molecule has 0 atom stereocenters. The molecule has 1 aliphatic heterocycles. The van der Waals surface area contributed by atoms with Crippen molar-refractivity contribution in [3.05, 3.63) is 60.3 Å². The lowest BCUT2D eigenvalue weighted by atomic mass is 10.2. The van der Waals surface area contributed by atoms with Crippen LogP contribution >= 0.6 is 12.2 Å². The van der Waals surface area contributed by atoms with E-state index in [0.717, 1.165) is 32.0 Å². The summed E-state index contributed by atoms with van der Waals surface area (Å²) >= 11 is 5.37. The van der Waals surface area contributed by atoms with E-state index in [9.17, 15) is 4.79 Å². The minimum atomic E-state index is -0.158. The fourth-order valence-electron chi connectivity index (χ4n) is 2.57. The number of piperazine rings is 1. The van der Waals surface area contributed by atoms with Crippen molar-refractivity contribution in [3.8, 4) is 0 Å². The first-order valence-electron chi connectivity index (χ1n) is 7.61. The number of hydrogen-bond acceptors (Lipinski definition) is 3. The number of rotatable bonds is 2. The molecule has 1 aromatic heterocycles. The summed E-state index contributed by atoms with van der Waals surface area (Å²) < 4.78 is 0. The largest absolute Gasteiger partial charge is 0.341 e. The van der Waals surface area contributed by atoms with Gasteiger partial charge in [0.25, 0.3) is 11.7 Å². The van der Waals surface area contributed by atoms with Gasteiger partial charge < -0.3 is 4.90 Å². The zero-order valence-corrected chi connectivity index (χ0v) is 13.6. The molecule has 2 aromatic rings. The van der Waals surface area contributed by atoms with Gasteiger partial charge in [0.1, 0.15) is 13.1 Å². The molecule has 3 rings (SSSR count). The highest BCUT2D eigenvalue weighted by molar-refractivity contribution is 7.80. The Kier molecular flexibility index (Phi) is 4.83. The molecule has 1 fully saturated rings. The Bertz CT molecular complexity index is 670. The van der Waals surface area contributed by atoms with Gasteiger partial charge in [-0.05, 0) is 30.4 Å². The van der Waals surface area contributed by atoms with Crippen molar-refractivity contribution in [2.75, 3.05) is 31.1 Å². The van der Waals surface area contributed by atoms with Crippen LogP contribution in [0.5, 0.6) is 0 Å². The van der Waals surface area contributed by atoms with Gasteiger partial charge in [-0.3, -0.25) is 15.0 Å². The molecular formula is C17H19N4OS+. The average Bonchev–Trinajstić information content (AvgIpc) is 2.63. The number of nitrogens with one attached hydrogen (secondary N) is 2. The molecule has 0 bridgehead atoms. The molecule has 1 amide bonds. The lowest BCUT2D eigenvalue weighted by Crippen LogP contribution is -2.53. The molecule has 2 heterocycles. The molecule has 1 aliphatic rings. The van der Waals surface area contributed by atoms with Crippen molar-refractivity contribution in [2.45, 2.75) is 0 Å². The molecule has 0 saturated carbocycles. The van der Waals surface area contributed by atoms with E-state index in [1.807, 2.05) is 41.4 Å². The summed E-state index contributed by atoms with van der Waals surface area (Å²) in [5, 5.41) is 3.31. The third-order valence-corrected chi connectivity index (χ3v) is 4.22. The molecule has 118 valence electrons. The molecule has 0 unspecified atom stereocenters. The van der Waals surface area contributed by atoms with Crippen LogP contribution in [0.3, 0.4) is 0 Å². The van der Waals surface area contributed by atoms with Crippen LogP contribution < -0.4 is 15.2 Å². The van der Waals surface area contributed by atoms with Crippen molar-refractivity contribution < 1.29 is 9.78 Å². The highest BCUT2D eigenvalue weighted by Gasteiger charge is 2.25. The number of benzene rings is 1. The summed E-state index contributed by atoms with van der Waals surface area (Å²) in [5.74, 6) is 0.945. The fraction of sp³-hybridized carbons (Fsp3) is 0.235. The summed E-state index contributed by atoms with van der Waals surface area (Å²) in [7, 11) is 0. The highest BCUT2D eigenvalue weighted by Crippen LogP contribution is 2.10. The molecule has 1 saturated heterocycles. The number of aromatic nitrogens is 1. The normalized spacial score (nSPS) is 14.4. The Hall–Kier alpha value is -2.47. The number of thiocarbonyl (C=S) groups is 1. The van der Waals surface area contributed by atoms with Crippen molar-refractivity contribution in [1.29, 1.82) is 0 Å². The van der Waals surface area contributed by atoms with Crippen LogP contribution in [0.15, 0.2) is 54.7 Å². The van der Waals surface area contributed by atoms with Crippen LogP contribution in [0.1, 0.15) is 10.4 Å². The van der Waals surface area contributed by atoms with Crippen molar-refractivity contribution in [3.63, 3.8) is 0 Å². The molecule has 0 spiro atoms. The fourth-order valence-corrected chi connectivity index (χ4v) is 2.84. The Morgan fingerprint density at radius 2 is 1.70 bits per heavy atom. The summed E-state index contributed by atoms with van der Waals surface area (Å²) in [4.78, 5) is 19.7. The topological polar surface area (TPSA) is 49.7 Å². The van der Waals surface area contributed by atoms with Gasteiger partial charge in [-0.2, -0.15) is 0 Å². The summed E-state index contributed by atoms with van der Waals surface area (Å²) in [5.41, 5.74) is 0.618. The maximum atomic E-state index is 12.1. The van der Waals surface area contributed by atoms with E-state index in [2.05, 4.69) is 21.3 Å². The molecular weight excluding hydrogens is 308 g/mol. The van der Waals surface area contributed by atoms with Crippen molar-refractivity contribution in [1.82, 2.24) is 10.2 Å². The average molecular weight is 327 g/mol. The Labute approximate surface area is 140 Å². The number of hydrogen-bond donors (Lipinski definition) is 1. The Balaban J connectivity index is 1.53. The first-order chi connectivity index (χ1) is 11.2. The molecule has 5 nitrogen and oxygen atoms in total. The highest BCUT2D eigenvalue weighted by atomic mass is 32.1. The zero-order valence-electron chi connectivity index (χ0n) is 12.7. The van der Waals surface area contributed by atoms with Gasteiger partial charge in [-0.1, -0.05) is 24.3 Å². The number of amides is 1. The Morgan fingerprint density at radius 1 is 1.00 bits per heavy atom. The molecule has 6 heteroatoms. The second kappa shape index (κ2) is 7.19. The summed E-state index contributed by atoms with van der Waals surface area (Å²) in [6.45, 7) is 3.30. The maximum absolute atomic E-state index is 12.1. The minimum Gasteiger partial charge on any atom is -0.341 e. The van der Waals surface area contributed by atoms with Gasteiger partial charge in [0.05, 0.1) is 19.3 Å². The number of nitrogens with zero attached hydrogens (tertiary/aromatic N) is 2. The predicted octanol–water partition coefficient (Wildman–Crippen LogP) is 1.34. The van der Waals surface area contributed by atoms with Gasteiger partial charge in [-0.15, -0.1) is 0 Å². The van der Waals surface area contributed by atoms with Gasteiger partial charge in [-0.25, -0.2) is 4.98 Å². The quantitative estimate of drug-likeness (QED) is 0.846. The first-order valence-corrected chi connectivity index (χ1v) is 8.02. The van der Waals surface area contributed by atoms with Crippen LogP contribution in [-0.2, 0) is 0 Å². The van der Waals surface area contributed by atoms with Crippen molar-refractivity contribution in [2.24, 2.45) is 0 Å². The van der Waals surface area contributed by atoms with Crippen LogP contribution in [0, 0.1) is 0 Å². The van der Waals surface area contributed by atoms with E-state index in [4.69, 9.17) is 12.2 Å². The third-order valence-electron chi connectivity index (χ3n) is 3.86. The molecule has 1 aromatic carbocycles. The monoisotopic (exact) mass is 327 g/mol. The molecule has 0 aliphatic carbocycles. The van der Waals surface area contributed by atoms with Crippen LogP contribution in [0.2, 0.25) is 0 Å². The third kappa shape index (κ3) is 3.84. The van der Waals surface area contributed by atoms with Crippen molar-refractivity contribution >= 4 is 29.1 Å². The van der Waals surface area contributed by atoms with E-state index >= 15 is 0 Å². The first kappa shape index (κ1) is 15.4. The van der Waals surface area contributed by atoms with E-state index < -0.39 is 0 Å². The lowest BCUT2D eigenvalue weighted by molar-refractivity contribution is -0.364. The summed E-state index contributed by atoms with van der Waals surface area (Å²) in [6, 6.07) is 15.2. The van der Waals surface area contributed by atoms with Crippen LogP contribution in [0.4, 0.5) is 5.82 Å². The molecule has 2 N–H and O–H groups in total. The SMILES string of the molecule is O=C(NC(=S)N1CCN(c2cccc[nH+]2)CC1)c1ccccc1. The second-order valence-corrected chi connectivity index (χ2v) is 5.73. The zero-order chi connectivity index (χ0) is 16.1. The van der Waals surface area contributed by atoms with E-state index in [-0.39, 0.29) is 5.91 Å². The number of anilines is 1. The summed E-state index contributed by atoms with van der Waals surface area (Å²) in [6.07, 6.45) is 1.92. The molecule has 0 radical (unpaired) electrons. The number of aromatic amines is 1. The van der Waals surface area contributed by atoms with Gasteiger partial charge >= 0.3 is 0 Å². The number of carbonyl (C=O) groups is 1. The van der Waals surface area contributed by atoms with E-state index in [1.54, 1.807) is 12.1 Å². The minimum absolute atomic E-state index is 0.158. The number of H-pyrrole nitrogens is 1. The number of pyridine rings is 1. The number of carbonyl (C=O) groups excluding carboxylic acids is 1. The standard InChI is InChI=1S/C17H18N4OS/c22-16(14-6-2-1-3-7-14)19-17(23)21-12-10-20(11-13-21)15-8-4-5-9-18-15/h1-9H,10-13H2,(H,19,22,23)/p+1. The van der Waals surface area contributed by atoms with E-state index in [1.165, 1.54) is 0 Å². The van der Waals surface area contributed by atoms with Gasteiger partial charge in [0.2, 0.25) is 0 Å².